The maximum atomic E-state index is 12.4. The summed E-state index contributed by atoms with van der Waals surface area (Å²) in [6.45, 7) is 11.4. The van der Waals surface area contributed by atoms with Gasteiger partial charge in [-0.15, -0.1) is 0 Å². The fraction of sp³-hybridized carbons (Fsp3) is 0.364. The highest BCUT2D eigenvalue weighted by Gasteiger charge is 2.21. The molecule has 2 rings (SSSR count). The number of carbonyl (C=O) groups is 2. The molecule has 0 saturated carbocycles. The van der Waals surface area contributed by atoms with Gasteiger partial charge in [0.15, 0.2) is 0 Å². The Morgan fingerprint density at radius 2 is 0.964 bits per heavy atom. The van der Waals surface area contributed by atoms with Crippen LogP contribution in [0, 0.1) is 0 Å². The molecule has 0 spiro atoms. The average Bonchev–Trinajstić information content (AvgIpc) is 2.55. The summed E-state index contributed by atoms with van der Waals surface area (Å²) >= 11 is 0. The third-order valence-corrected chi connectivity index (χ3v) is 3.31. The average molecular weight is 384 g/mol. The molecule has 0 unspecified atom stereocenters. The SMILES string of the molecule is CC(C)(C)Oc1ccccc1NC(=O)C(=O)Nc1ccccc1OC(C)(C)C. The fourth-order valence-electron chi connectivity index (χ4n) is 2.34. The van der Waals surface area contributed by atoms with E-state index in [1.807, 2.05) is 41.5 Å². The van der Waals surface area contributed by atoms with Crippen LogP contribution in [-0.4, -0.2) is 23.0 Å². The third kappa shape index (κ3) is 6.61. The van der Waals surface area contributed by atoms with Gasteiger partial charge in [-0.25, -0.2) is 0 Å². The summed E-state index contributed by atoms with van der Waals surface area (Å²) in [5.74, 6) is -0.605. The van der Waals surface area contributed by atoms with E-state index in [-0.39, 0.29) is 0 Å². The second kappa shape index (κ2) is 8.33. The third-order valence-electron chi connectivity index (χ3n) is 3.31. The zero-order valence-electron chi connectivity index (χ0n) is 17.3. The van der Waals surface area contributed by atoms with Crippen molar-refractivity contribution in [2.45, 2.75) is 52.7 Å². The number of hydrogen-bond donors (Lipinski definition) is 2. The maximum Gasteiger partial charge on any atom is 0.314 e. The Morgan fingerprint density at radius 3 is 1.29 bits per heavy atom. The van der Waals surface area contributed by atoms with Crippen LogP contribution in [0.1, 0.15) is 41.5 Å². The van der Waals surface area contributed by atoms with Crippen molar-refractivity contribution in [3.05, 3.63) is 48.5 Å². The number of benzene rings is 2. The molecule has 150 valence electrons. The lowest BCUT2D eigenvalue weighted by molar-refractivity contribution is -0.133. The molecule has 6 heteroatoms. The van der Waals surface area contributed by atoms with E-state index in [4.69, 9.17) is 9.47 Å². The predicted molar refractivity (Wildman–Crippen MR) is 111 cm³/mol. The van der Waals surface area contributed by atoms with Crippen molar-refractivity contribution < 1.29 is 19.1 Å². The number of para-hydroxylation sites is 4. The summed E-state index contributed by atoms with van der Waals surface area (Å²) in [4.78, 5) is 24.8. The number of hydrogen-bond acceptors (Lipinski definition) is 4. The van der Waals surface area contributed by atoms with Crippen LogP contribution >= 0.6 is 0 Å². The number of carbonyl (C=O) groups excluding carboxylic acids is 2. The molecule has 0 aliphatic carbocycles. The molecule has 0 heterocycles. The van der Waals surface area contributed by atoms with Crippen LogP contribution in [0.2, 0.25) is 0 Å². The van der Waals surface area contributed by atoms with E-state index in [1.54, 1.807) is 48.5 Å². The summed E-state index contributed by atoms with van der Waals surface area (Å²) in [6.07, 6.45) is 0. The lowest BCUT2D eigenvalue weighted by Crippen LogP contribution is -2.31. The summed E-state index contributed by atoms with van der Waals surface area (Å²) in [7, 11) is 0. The molecule has 0 radical (unpaired) electrons. The Hall–Kier alpha value is -3.02. The second-order valence-corrected chi connectivity index (χ2v) is 8.33. The molecule has 2 amide bonds. The molecule has 28 heavy (non-hydrogen) atoms. The van der Waals surface area contributed by atoms with E-state index in [1.165, 1.54) is 0 Å². The van der Waals surface area contributed by atoms with Crippen molar-refractivity contribution >= 4 is 23.2 Å². The molecule has 2 aromatic rings. The molecule has 0 bridgehead atoms. The largest absolute Gasteiger partial charge is 0.486 e. The van der Waals surface area contributed by atoms with E-state index >= 15 is 0 Å². The molecule has 0 fully saturated rings. The first kappa shape index (κ1) is 21.3. The quantitative estimate of drug-likeness (QED) is 0.754. The Balaban J connectivity index is 2.13. The van der Waals surface area contributed by atoms with Crippen molar-refractivity contribution in [2.24, 2.45) is 0 Å². The molecular weight excluding hydrogens is 356 g/mol. The molecule has 2 aromatic carbocycles. The summed E-state index contributed by atoms with van der Waals surface area (Å²) < 4.78 is 11.7. The van der Waals surface area contributed by atoms with Gasteiger partial charge in [-0.3, -0.25) is 9.59 Å². The van der Waals surface area contributed by atoms with Gasteiger partial charge < -0.3 is 20.1 Å². The van der Waals surface area contributed by atoms with Crippen LogP contribution in [-0.2, 0) is 9.59 Å². The van der Waals surface area contributed by atoms with E-state index in [9.17, 15) is 9.59 Å². The summed E-state index contributed by atoms with van der Waals surface area (Å²) in [6, 6.07) is 14.0. The molecular formula is C22H28N2O4. The number of ether oxygens (including phenoxy) is 2. The zero-order chi connectivity index (χ0) is 20.9. The van der Waals surface area contributed by atoms with Gasteiger partial charge in [-0.2, -0.15) is 0 Å². The lowest BCUT2D eigenvalue weighted by Gasteiger charge is -2.24. The molecule has 0 aromatic heterocycles. The number of anilines is 2. The molecule has 2 N–H and O–H groups in total. The van der Waals surface area contributed by atoms with Crippen molar-refractivity contribution in [3.63, 3.8) is 0 Å². The topological polar surface area (TPSA) is 76.7 Å². The van der Waals surface area contributed by atoms with Crippen LogP contribution < -0.4 is 20.1 Å². The Morgan fingerprint density at radius 1 is 0.643 bits per heavy atom. The number of amides is 2. The van der Waals surface area contributed by atoms with E-state index in [0.717, 1.165) is 0 Å². The van der Waals surface area contributed by atoms with Gasteiger partial charge in [0.1, 0.15) is 22.7 Å². The molecule has 6 nitrogen and oxygen atoms in total. The van der Waals surface area contributed by atoms with Crippen LogP contribution in [0.15, 0.2) is 48.5 Å². The Labute approximate surface area is 166 Å². The highest BCUT2D eigenvalue weighted by molar-refractivity contribution is 6.43. The Kier molecular flexibility index (Phi) is 6.33. The molecule has 0 aliphatic rings. The minimum Gasteiger partial charge on any atom is -0.486 e. The number of nitrogens with one attached hydrogen (secondary N) is 2. The van der Waals surface area contributed by atoms with Crippen LogP contribution in [0.3, 0.4) is 0 Å². The van der Waals surface area contributed by atoms with Crippen molar-refractivity contribution in [1.82, 2.24) is 0 Å². The Bertz CT molecular complexity index is 777. The van der Waals surface area contributed by atoms with Crippen LogP contribution in [0.4, 0.5) is 11.4 Å². The first-order valence-corrected chi connectivity index (χ1v) is 9.13. The molecule has 0 saturated heterocycles. The highest BCUT2D eigenvalue weighted by atomic mass is 16.5. The van der Waals surface area contributed by atoms with Gasteiger partial charge in [0, 0.05) is 0 Å². The van der Waals surface area contributed by atoms with Crippen molar-refractivity contribution in [1.29, 1.82) is 0 Å². The van der Waals surface area contributed by atoms with E-state index in [2.05, 4.69) is 10.6 Å². The molecule has 0 aliphatic heterocycles. The van der Waals surface area contributed by atoms with E-state index in [0.29, 0.717) is 22.9 Å². The van der Waals surface area contributed by atoms with Crippen LogP contribution in [0.25, 0.3) is 0 Å². The number of rotatable bonds is 4. The first-order valence-electron chi connectivity index (χ1n) is 9.13. The lowest BCUT2D eigenvalue weighted by atomic mass is 10.2. The summed E-state index contributed by atoms with van der Waals surface area (Å²) in [5, 5.41) is 5.21. The normalized spacial score (nSPS) is 11.5. The second-order valence-electron chi connectivity index (χ2n) is 8.33. The van der Waals surface area contributed by atoms with Crippen molar-refractivity contribution in [3.8, 4) is 11.5 Å². The highest BCUT2D eigenvalue weighted by Crippen LogP contribution is 2.29. The van der Waals surface area contributed by atoms with Gasteiger partial charge >= 0.3 is 11.8 Å². The van der Waals surface area contributed by atoms with Crippen LogP contribution in [0.5, 0.6) is 11.5 Å². The first-order chi connectivity index (χ1) is 12.9. The van der Waals surface area contributed by atoms with Gasteiger partial charge in [0.2, 0.25) is 0 Å². The van der Waals surface area contributed by atoms with Gasteiger partial charge in [-0.1, -0.05) is 24.3 Å². The minimum absolute atomic E-state index is 0.428. The van der Waals surface area contributed by atoms with E-state index < -0.39 is 23.0 Å². The van der Waals surface area contributed by atoms with Crippen molar-refractivity contribution in [2.75, 3.05) is 10.6 Å². The standard InChI is InChI=1S/C22H28N2O4/c1-21(2,3)27-17-13-9-7-11-15(17)23-19(25)20(26)24-16-12-8-10-14-18(16)28-22(4,5)6/h7-14H,1-6H3,(H,23,25)(H,24,26). The van der Waals surface area contributed by atoms with Gasteiger partial charge in [0.05, 0.1) is 11.4 Å². The summed E-state index contributed by atoms with van der Waals surface area (Å²) in [5.41, 5.74) is -0.0212. The monoisotopic (exact) mass is 384 g/mol. The fourth-order valence-corrected chi connectivity index (χ4v) is 2.34. The van der Waals surface area contributed by atoms with Gasteiger partial charge in [0.25, 0.3) is 0 Å². The molecule has 0 atom stereocenters. The minimum atomic E-state index is -0.796. The maximum absolute atomic E-state index is 12.4. The smallest absolute Gasteiger partial charge is 0.314 e. The zero-order valence-corrected chi connectivity index (χ0v) is 17.3. The predicted octanol–water partition coefficient (Wildman–Crippen LogP) is 4.62. The van der Waals surface area contributed by atoms with Gasteiger partial charge in [-0.05, 0) is 65.8 Å².